The van der Waals surface area contributed by atoms with Crippen molar-refractivity contribution in [3.63, 3.8) is 0 Å². The van der Waals surface area contributed by atoms with Gasteiger partial charge in [-0.1, -0.05) is 11.6 Å². The summed E-state index contributed by atoms with van der Waals surface area (Å²) in [7, 11) is -2.64. The summed E-state index contributed by atoms with van der Waals surface area (Å²) in [5, 5.41) is 2.29. The minimum absolute atomic E-state index is 0.00749. The van der Waals surface area contributed by atoms with Crippen molar-refractivity contribution in [2.75, 3.05) is 18.1 Å². The maximum atomic E-state index is 14.5. The molecule has 1 aliphatic heterocycles. The molecule has 9 nitrogen and oxygen atoms in total. The number of aromatic nitrogens is 2. The molecule has 0 fully saturated rings. The van der Waals surface area contributed by atoms with Gasteiger partial charge in [-0.2, -0.15) is 0 Å². The first-order valence-electron chi connectivity index (χ1n) is 8.04. The number of aliphatic imine (C=N–C) groups is 1. The van der Waals surface area contributed by atoms with E-state index in [2.05, 4.69) is 20.3 Å². The molecule has 0 bridgehead atoms. The Morgan fingerprint density at radius 1 is 1.34 bits per heavy atom. The van der Waals surface area contributed by atoms with Crippen molar-refractivity contribution in [2.24, 2.45) is 10.7 Å². The third-order valence-corrected chi connectivity index (χ3v) is 6.34. The highest BCUT2D eigenvalue weighted by molar-refractivity contribution is 7.89. The van der Waals surface area contributed by atoms with Crippen molar-refractivity contribution < 1.29 is 22.0 Å². The van der Waals surface area contributed by atoms with Crippen LogP contribution in [0.4, 0.5) is 14.6 Å². The Hall–Kier alpha value is -2.86. The van der Waals surface area contributed by atoms with E-state index >= 15 is 0 Å². The molecule has 0 saturated heterocycles. The van der Waals surface area contributed by atoms with Crippen LogP contribution < -0.4 is 11.1 Å². The van der Waals surface area contributed by atoms with E-state index in [-0.39, 0.29) is 22.5 Å². The fourth-order valence-electron chi connectivity index (χ4n) is 2.72. The summed E-state index contributed by atoms with van der Waals surface area (Å²) < 4.78 is 53.7. The SMILES string of the molecule is CN1C(N)=N[C@](C)(c2nc(NC(=O)c3ncc(Cl)cc3F)ccc2F)CS1(=O)=O. The second-order valence-corrected chi connectivity index (χ2v) is 8.87. The van der Waals surface area contributed by atoms with E-state index in [0.29, 0.717) is 0 Å². The van der Waals surface area contributed by atoms with Gasteiger partial charge in [0.05, 0.1) is 5.02 Å². The maximum absolute atomic E-state index is 14.5. The van der Waals surface area contributed by atoms with Gasteiger partial charge in [0.25, 0.3) is 5.91 Å². The van der Waals surface area contributed by atoms with Gasteiger partial charge in [0.1, 0.15) is 28.6 Å². The lowest BCUT2D eigenvalue weighted by molar-refractivity contribution is 0.101. The van der Waals surface area contributed by atoms with Crippen LogP contribution in [0.3, 0.4) is 0 Å². The van der Waals surface area contributed by atoms with Gasteiger partial charge in [0, 0.05) is 13.2 Å². The quantitative estimate of drug-likeness (QED) is 0.737. The van der Waals surface area contributed by atoms with E-state index in [0.717, 1.165) is 28.7 Å². The standard InChI is InChI=1S/C16H15ClF2N6O3S/c1-16(7-29(27,28)25(2)15(20)24-16)13-9(18)3-4-11(22-13)23-14(26)12-10(19)5-8(17)6-21-12/h3-6H,7H2,1-2H3,(H2,20,24)(H,22,23,26)/t16-/m0/s1. The molecule has 0 spiro atoms. The predicted octanol–water partition coefficient (Wildman–Crippen LogP) is 1.47. The van der Waals surface area contributed by atoms with Gasteiger partial charge in [0.2, 0.25) is 16.0 Å². The molecule has 2 aromatic rings. The lowest BCUT2D eigenvalue weighted by atomic mass is 10.00. The average molecular weight is 445 g/mol. The third-order valence-electron chi connectivity index (χ3n) is 4.19. The first-order chi connectivity index (χ1) is 13.4. The number of carbonyl (C=O) groups is 1. The van der Waals surface area contributed by atoms with Gasteiger partial charge in [0.15, 0.2) is 11.5 Å². The van der Waals surface area contributed by atoms with Gasteiger partial charge in [-0.25, -0.2) is 36.5 Å². The molecule has 1 aliphatic rings. The van der Waals surface area contributed by atoms with Crippen LogP contribution in [0.1, 0.15) is 23.1 Å². The third kappa shape index (κ3) is 3.98. The normalized spacial score (nSPS) is 20.9. The Bertz CT molecular complexity index is 1140. The van der Waals surface area contributed by atoms with Crippen LogP contribution in [0.15, 0.2) is 29.4 Å². The van der Waals surface area contributed by atoms with Gasteiger partial charge >= 0.3 is 0 Å². The fraction of sp³-hybridized carbons (Fsp3) is 0.250. The van der Waals surface area contributed by atoms with Crippen molar-refractivity contribution in [2.45, 2.75) is 12.5 Å². The van der Waals surface area contributed by atoms with Gasteiger partial charge < -0.3 is 11.1 Å². The molecule has 0 saturated carbocycles. The summed E-state index contributed by atoms with van der Waals surface area (Å²) in [6.45, 7) is 1.35. The summed E-state index contributed by atoms with van der Waals surface area (Å²) in [4.78, 5) is 23.9. The van der Waals surface area contributed by atoms with Gasteiger partial charge in [-0.15, -0.1) is 0 Å². The van der Waals surface area contributed by atoms with Crippen LogP contribution in [0.2, 0.25) is 5.02 Å². The van der Waals surface area contributed by atoms with Crippen molar-refractivity contribution in [1.82, 2.24) is 14.3 Å². The van der Waals surface area contributed by atoms with E-state index in [1.165, 1.54) is 14.0 Å². The second-order valence-electron chi connectivity index (χ2n) is 6.43. The van der Waals surface area contributed by atoms with Crippen LogP contribution >= 0.6 is 11.6 Å². The first kappa shape index (κ1) is 20.9. The number of anilines is 1. The Morgan fingerprint density at radius 2 is 2.03 bits per heavy atom. The van der Waals surface area contributed by atoms with E-state index in [1.54, 1.807) is 0 Å². The Balaban J connectivity index is 1.98. The zero-order chi connectivity index (χ0) is 21.6. The number of nitrogens with zero attached hydrogens (tertiary/aromatic N) is 4. The number of nitrogens with two attached hydrogens (primary N) is 1. The van der Waals surface area contributed by atoms with Gasteiger partial charge in [-0.05, 0) is 25.1 Å². The summed E-state index contributed by atoms with van der Waals surface area (Å²) >= 11 is 5.60. The lowest BCUT2D eigenvalue weighted by Crippen LogP contribution is -2.50. The molecule has 154 valence electrons. The van der Waals surface area contributed by atoms with Crippen molar-refractivity contribution in [1.29, 1.82) is 0 Å². The van der Waals surface area contributed by atoms with E-state index < -0.39 is 44.6 Å². The Labute approximate surface area is 169 Å². The van der Waals surface area contributed by atoms with Gasteiger partial charge in [-0.3, -0.25) is 4.79 Å². The van der Waals surface area contributed by atoms with Crippen LogP contribution in [-0.4, -0.2) is 47.4 Å². The predicted molar refractivity (Wildman–Crippen MR) is 102 cm³/mol. The summed E-state index contributed by atoms with van der Waals surface area (Å²) in [5.74, 6) is -3.84. The van der Waals surface area contributed by atoms with Crippen molar-refractivity contribution >= 4 is 39.3 Å². The molecule has 0 aromatic carbocycles. The maximum Gasteiger partial charge on any atom is 0.278 e. The molecule has 1 amide bonds. The van der Waals surface area contributed by atoms with E-state index in [1.807, 2.05) is 0 Å². The molecular weight excluding hydrogens is 430 g/mol. The summed E-state index contributed by atoms with van der Waals surface area (Å²) in [6, 6.07) is 3.02. The van der Waals surface area contributed by atoms with Crippen LogP contribution in [0.5, 0.6) is 0 Å². The summed E-state index contributed by atoms with van der Waals surface area (Å²) in [5.41, 5.74) is 3.13. The first-order valence-corrected chi connectivity index (χ1v) is 10.0. The zero-order valence-electron chi connectivity index (χ0n) is 15.1. The average Bonchev–Trinajstić information content (AvgIpc) is 2.60. The number of guanidine groups is 1. The molecule has 0 aliphatic carbocycles. The highest BCUT2D eigenvalue weighted by atomic mass is 35.5. The minimum Gasteiger partial charge on any atom is -0.369 e. The summed E-state index contributed by atoms with van der Waals surface area (Å²) in [6.07, 6.45) is 1.09. The zero-order valence-corrected chi connectivity index (χ0v) is 16.7. The van der Waals surface area contributed by atoms with Crippen molar-refractivity contribution in [3.8, 4) is 0 Å². The van der Waals surface area contributed by atoms with Crippen LogP contribution in [-0.2, 0) is 15.6 Å². The molecule has 0 radical (unpaired) electrons. The monoisotopic (exact) mass is 444 g/mol. The number of nitrogens with one attached hydrogen (secondary N) is 1. The van der Waals surface area contributed by atoms with Crippen LogP contribution in [0.25, 0.3) is 0 Å². The van der Waals surface area contributed by atoms with E-state index in [4.69, 9.17) is 17.3 Å². The number of hydrogen-bond acceptors (Lipinski definition) is 7. The highest BCUT2D eigenvalue weighted by Crippen LogP contribution is 2.32. The molecule has 3 rings (SSSR count). The minimum atomic E-state index is -3.86. The molecule has 1 atom stereocenters. The lowest BCUT2D eigenvalue weighted by Gasteiger charge is -2.33. The fourth-order valence-corrected chi connectivity index (χ4v) is 4.29. The number of rotatable bonds is 3. The number of pyridine rings is 2. The molecule has 3 N–H and O–H groups in total. The number of sulfonamides is 1. The number of amides is 1. The van der Waals surface area contributed by atoms with E-state index in [9.17, 15) is 22.0 Å². The second kappa shape index (κ2) is 7.19. The molecule has 3 heterocycles. The highest BCUT2D eigenvalue weighted by Gasteiger charge is 2.43. The van der Waals surface area contributed by atoms with Crippen molar-refractivity contribution in [3.05, 3.63) is 52.4 Å². The number of hydrogen-bond donors (Lipinski definition) is 2. The largest absolute Gasteiger partial charge is 0.369 e. The number of halogens is 3. The molecule has 0 unspecified atom stereocenters. The Morgan fingerprint density at radius 3 is 2.66 bits per heavy atom. The molecule has 2 aromatic heterocycles. The molecule has 29 heavy (non-hydrogen) atoms. The van der Waals surface area contributed by atoms with Crippen LogP contribution in [0, 0.1) is 11.6 Å². The molecule has 13 heteroatoms. The smallest absolute Gasteiger partial charge is 0.278 e. The Kier molecular flexibility index (Phi) is 5.17. The topological polar surface area (TPSA) is 131 Å². The molecular formula is C16H15ClF2N6O3S. The number of carbonyl (C=O) groups excluding carboxylic acids is 1.